The van der Waals surface area contributed by atoms with E-state index in [4.69, 9.17) is 4.42 Å². The Hall–Kier alpha value is -0.450. The van der Waals surface area contributed by atoms with E-state index in [2.05, 4.69) is 18.5 Å². The van der Waals surface area contributed by atoms with Gasteiger partial charge >= 0.3 is 0 Å². The zero-order valence-corrected chi connectivity index (χ0v) is 10.1. The van der Waals surface area contributed by atoms with Gasteiger partial charge in [0.2, 0.25) is 0 Å². The topological polar surface area (TPSA) is 45.4 Å². The van der Waals surface area contributed by atoms with E-state index in [0.29, 0.717) is 0 Å². The first-order chi connectivity index (χ1) is 7.27. The van der Waals surface area contributed by atoms with E-state index in [-0.39, 0.29) is 18.7 Å². The van der Waals surface area contributed by atoms with Crippen molar-refractivity contribution in [3.05, 3.63) is 24.2 Å². The summed E-state index contributed by atoms with van der Waals surface area (Å²) in [4.78, 5) is 0. The fourth-order valence-corrected chi connectivity index (χ4v) is 1.98. The lowest BCUT2D eigenvalue weighted by Gasteiger charge is -2.20. The molecule has 2 unspecified atom stereocenters. The maximum Gasteiger partial charge on any atom is 0.0950 e. The first kappa shape index (κ1) is 12.6. The first-order valence-corrected chi connectivity index (χ1v) is 6.55. The lowest BCUT2D eigenvalue weighted by atomic mass is 10.1. The average molecular weight is 229 g/mol. The summed E-state index contributed by atoms with van der Waals surface area (Å²) >= 11 is 1.80. The molecule has 0 aliphatic heterocycles. The summed E-state index contributed by atoms with van der Waals surface area (Å²) in [7, 11) is 0. The summed E-state index contributed by atoms with van der Waals surface area (Å²) < 4.78 is 5.03. The van der Waals surface area contributed by atoms with Gasteiger partial charge in [0.25, 0.3) is 0 Å². The minimum atomic E-state index is 0.169. The van der Waals surface area contributed by atoms with Crippen LogP contribution in [-0.4, -0.2) is 29.8 Å². The van der Waals surface area contributed by atoms with E-state index < -0.39 is 0 Å². The van der Waals surface area contributed by atoms with Crippen molar-refractivity contribution in [1.29, 1.82) is 0 Å². The van der Waals surface area contributed by atoms with E-state index in [1.807, 2.05) is 6.07 Å². The summed E-state index contributed by atoms with van der Waals surface area (Å²) in [6, 6.07) is 2.34. The third kappa shape index (κ3) is 4.28. The fraction of sp³-hybridized carbons (Fsp3) is 0.636. The van der Waals surface area contributed by atoms with Crippen molar-refractivity contribution < 1.29 is 9.52 Å². The van der Waals surface area contributed by atoms with E-state index in [0.717, 1.165) is 17.7 Å². The molecule has 0 saturated heterocycles. The van der Waals surface area contributed by atoms with Gasteiger partial charge in [-0.25, -0.2) is 0 Å². The van der Waals surface area contributed by atoms with E-state index >= 15 is 0 Å². The maximum atomic E-state index is 9.20. The number of hydrogen-bond acceptors (Lipinski definition) is 4. The molecule has 0 spiro atoms. The molecule has 0 aromatic carbocycles. The highest BCUT2D eigenvalue weighted by atomic mass is 32.2. The first-order valence-electron chi connectivity index (χ1n) is 5.16. The van der Waals surface area contributed by atoms with Gasteiger partial charge in [0.15, 0.2) is 0 Å². The van der Waals surface area contributed by atoms with Crippen molar-refractivity contribution in [1.82, 2.24) is 5.32 Å². The Bertz CT molecular complexity index is 251. The Labute approximate surface area is 95.2 Å². The summed E-state index contributed by atoms with van der Waals surface area (Å²) in [5, 5.41) is 12.6. The molecule has 2 atom stereocenters. The lowest BCUT2D eigenvalue weighted by Crippen LogP contribution is -2.34. The molecule has 0 saturated carbocycles. The van der Waals surface area contributed by atoms with Crippen molar-refractivity contribution in [3.63, 3.8) is 0 Å². The highest BCUT2D eigenvalue weighted by Gasteiger charge is 2.12. The molecular formula is C11H19NO2S. The quantitative estimate of drug-likeness (QED) is 0.751. The van der Waals surface area contributed by atoms with Crippen LogP contribution in [0.15, 0.2) is 23.0 Å². The van der Waals surface area contributed by atoms with Crippen molar-refractivity contribution in [2.75, 3.05) is 18.6 Å². The summed E-state index contributed by atoms with van der Waals surface area (Å²) in [6.07, 6.45) is 6.47. The van der Waals surface area contributed by atoms with Gasteiger partial charge in [0.1, 0.15) is 0 Å². The highest BCUT2D eigenvalue weighted by Crippen LogP contribution is 2.14. The minimum Gasteiger partial charge on any atom is -0.472 e. The molecule has 86 valence electrons. The predicted molar refractivity (Wildman–Crippen MR) is 64.1 cm³/mol. The van der Waals surface area contributed by atoms with Gasteiger partial charge in [-0.1, -0.05) is 0 Å². The normalized spacial score (nSPS) is 15.1. The predicted octanol–water partition coefficient (Wildman–Crippen LogP) is 2.04. The molecule has 4 heteroatoms. The van der Waals surface area contributed by atoms with Crippen LogP contribution < -0.4 is 5.32 Å². The molecular weight excluding hydrogens is 210 g/mol. The Balaban J connectivity index is 2.37. The largest absolute Gasteiger partial charge is 0.472 e. The monoisotopic (exact) mass is 229 g/mol. The fourth-order valence-electron chi connectivity index (χ4n) is 1.46. The molecule has 1 aromatic rings. The second-order valence-electron chi connectivity index (χ2n) is 3.61. The molecule has 0 bridgehead atoms. The van der Waals surface area contributed by atoms with Crippen molar-refractivity contribution in [2.24, 2.45) is 0 Å². The molecule has 1 aromatic heterocycles. The van der Waals surface area contributed by atoms with Crippen LogP contribution in [0.1, 0.15) is 24.9 Å². The standard InChI is InChI=1S/C11H19NO2S/c1-9(10-3-5-14-8-10)12-11(7-13)4-6-15-2/h3,5,8-9,11-13H,4,6-7H2,1-2H3. The van der Waals surface area contributed by atoms with Gasteiger partial charge in [-0.2, -0.15) is 11.8 Å². The third-order valence-electron chi connectivity index (χ3n) is 2.42. The molecule has 2 N–H and O–H groups in total. The Morgan fingerprint density at radius 3 is 2.93 bits per heavy atom. The van der Waals surface area contributed by atoms with Gasteiger partial charge < -0.3 is 14.8 Å². The summed E-state index contributed by atoms with van der Waals surface area (Å²) in [5.41, 5.74) is 1.12. The summed E-state index contributed by atoms with van der Waals surface area (Å²) in [6.45, 7) is 2.26. The number of rotatable bonds is 7. The van der Waals surface area contributed by atoms with Crippen LogP contribution in [0.25, 0.3) is 0 Å². The van der Waals surface area contributed by atoms with Gasteiger partial charge in [-0.05, 0) is 31.4 Å². The third-order valence-corrected chi connectivity index (χ3v) is 3.06. The lowest BCUT2D eigenvalue weighted by molar-refractivity contribution is 0.230. The van der Waals surface area contributed by atoms with Crippen molar-refractivity contribution in [3.8, 4) is 0 Å². The SMILES string of the molecule is CSCCC(CO)NC(C)c1ccoc1. The van der Waals surface area contributed by atoms with Gasteiger partial charge in [-0.15, -0.1) is 0 Å². The summed E-state index contributed by atoms with van der Waals surface area (Å²) in [5.74, 6) is 1.07. The van der Waals surface area contributed by atoms with Crippen LogP contribution in [0.3, 0.4) is 0 Å². The van der Waals surface area contributed by atoms with E-state index in [1.54, 1.807) is 24.3 Å². The van der Waals surface area contributed by atoms with Gasteiger partial charge in [0, 0.05) is 17.6 Å². The average Bonchev–Trinajstić information content (AvgIpc) is 2.77. The molecule has 15 heavy (non-hydrogen) atoms. The molecule has 0 aliphatic rings. The number of aliphatic hydroxyl groups is 1. The zero-order chi connectivity index (χ0) is 11.1. The van der Waals surface area contributed by atoms with E-state index in [1.165, 1.54) is 0 Å². The number of thioether (sulfide) groups is 1. The molecule has 0 amide bonds. The van der Waals surface area contributed by atoms with Crippen LogP contribution >= 0.6 is 11.8 Å². The Morgan fingerprint density at radius 2 is 2.40 bits per heavy atom. The van der Waals surface area contributed by atoms with Gasteiger partial charge in [0.05, 0.1) is 19.1 Å². The van der Waals surface area contributed by atoms with Crippen LogP contribution in [0.2, 0.25) is 0 Å². The zero-order valence-electron chi connectivity index (χ0n) is 9.27. The van der Waals surface area contributed by atoms with Gasteiger partial charge in [-0.3, -0.25) is 0 Å². The molecule has 0 radical (unpaired) electrons. The van der Waals surface area contributed by atoms with Crippen LogP contribution in [0.4, 0.5) is 0 Å². The second kappa shape index (κ2) is 6.93. The van der Waals surface area contributed by atoms with Crippen LogP contribution in [-0.2, 0) is 0 Å². The molecule has 1 rings (SSSR count). The highest BCUT2D eigenvalue weighted by molar-refractivity contribution is 7.98. The number of hydrogen-bond donors (Lipinski definition) is 2. The molecule has 0 fully saturated rings. The van der Waals surface area contributed by atoms with Crippen molar-refractivity contribution >= 4 is 11.8 Å². The Morgan fingerprint density at radius 1 is 1.60 bits per heavy atom. The number of aliphatic hydroxyl groups excluding tert-OH is 1. The van der Waals surface area contributed by atoms with Crippen molar-refractivity contribution in [2.45, 2.75) is 25.4 Å². The minimum absolute atomic E-state index is 0.169. The molecule has 1 heterocycles. The smallest absolute Gasteiger partial charge is 0.0950 e. The second-order valence-corrected chi connectivity index (χ2v) is 4.59. The molecule has 3 nitrogen and oxygen atoms in total. The maximum absolute atomic E-state index is 9.20. The number of furan rings is 1. The number of nitrogens with one attached hydrogen (secondary N) is 1. The molecule has 0 aliphatic carbocycles. The Kier molecular flexibility index (Phi) is 5.83. The van der Waals surface area contributed by atoms with E-state index in [9.17, 15) is 5.11 Å². The van der Waals surface area contributed by atoms with Crippen LogP contribution in [0, 0.1) is 0 Å². The van der Waals surface area contributed by atoms with Crippen LogP contribution in [0.5, 0.6) is 0 Å².